The number of fused-ring (bicyclic) bond motifs is 1. The van der Waals surface area contributed by atoms with Gasteiger partial charge in [0.1, 0.15) is 0 Å². The summed E-state index contributed by atoms with van der Waals surface area (Å²) in [6.45, 7) is 2.86. The molecule has 0 aromatic heterocycles. The van der Waals surface area contributed by atoms with Crippen molar-refractivity contribution in [3.8, 4) is 0 Å². The Morgan fingerprint density at radius 2 is 2.19 bits per heavy atom. The molecule has 0 bridgehead atoms. The van der Waals surface area contributed by atoms with E-state index >= 15 is 0 Å². The molecule has 1 aliphatic rings. The van der Waals surface area contributed by atoms with E-state index in [2.05, 4.69) is 5.32 Å². The minimum atomic E-state index is -4.26. The molecule has 0 aliphatic carbocycles. The van der Waals surface area contributed by atoms with Crippen LogP contribution in [-0.2, 0) is 6.18 Å². The molecule has 1 nitrogen and oxygen atoms in total. The van der Waals surface area contributed by atoms with Crippen molar-refractivity contribution in [2.75, 3.05) is 11.9 Å². The molecule has 1 heterocycles. The first-order chi connectivity index (χ1) is 7.50. The number of rotatable bonds is 1. The third-order valence-electron chi connectivity index (χ3n) is 2.58. The zero-order valence-corrected chi connectivity index (χ0v) is 9.58. The lowest BCUT2D eigenvalue weighted by Crippen LogP contribution is -2.21. The van der Waals surface area contributed by atoms with Gasteiger partial charge in [0.05, 0.1) is 5.56 Å². The summed E-state index contributed by atoms with van der Waals surface area (Å²) in [4.78, 5) is 0.702. The highest BCUT2D eigenvalue weighted by atomic mass is 32.2. The molecular formula is C11H12F3NS. The average Bonchev–Trinajstić information content (AvgIpc) is 2.26. The van der Waals surface area contributed by atoms with Gasteiger partial charge in [0.15, 0.2) is 0 Å². The Hall–Kier alpha value is -0.840. The normalized spacial score (nSPS) is 20.1. The molecule has 0 radical (unpaired) electrons. The van der Waals surface area contributed by atoms with Crippen molar-refractivity contribution in [2.24, 2.45) is 0 Å². The predicted molar refractivity (Wildman–Crippen MR) is 59.9 cm³/mol. The number of nitrogens with one attached hydrogen (secondary N) is 1. The van der Waals surface area contributed by atoms with Gasteiger partial charge in [-0.2, -0.15) is 13.2 Å². The summed E-state index contributed by atoms with van der Waals surface area (Å²) in [7, 11) is 0. The quantitative estimate of drug-likeness (QED) is 0.805. The molecule has 0 spiro atoms. The summed E-state index contributed by atoms with van der Waals surface area (Å²) in [6, 6.07) is 3.87. The summed E-state index contributed by atoms with van der Waals surface area (Å²) in [5, 5.41) is 3.51. The van der Waals surface area contributed by atoms with Crippen LogP contribution in [0.4, 0.5) is 18.9 Å². The lowest BCUT2D eigenvalue weighted by molar-refractivity contribution is -0.137. The molecule has 1 atom stereocenters. The Bertz CT molecular complexity index is 389. The van der Waals surface area contributed by atoms with Crippen LogP contribution >= 0.6 is 11.8 Å². The van der Waals surface area contributed by atoms with Crippen molar-refractivity contribution in [3.63, 3.8) is 0 Å². The van der Waals surface area contributed by atoms with Gasteiger partial charge in [-0.15, -0.1) is 11.8 Å². The largest absolute Gasteiger partial charge is 0.416 e. The first kappa shape index (κ1) is 11.6. The molecular weight excluding hydrogens is 235 g/mol. The highest BCUT2D eigenvalue weighted by Crippen LogP contribution is 2.40. The lowest BCUT2D eigenvalue weighted by atomic mass is 10.2. The van der Waals surface area contributed by atoms with Gasteiger partial charge < -0.3 is 5.32 Å². The van der Waals surface area contributed by atoms with E-state index in [-0.39, 0.29) is 0 Å². The van der Waals surface area contributed by atoms with E-state index in [0.717, 1.165) is 24.7 Å². The van der Waals surface area contributed by atoms with Crippen molar-refractivity contribution in [3.05, 3.63) is 23.8 Å². The first-order valence-corrected chi connectivity index (χ1v) is 6.00. The molecule has 0 saturated carbocycles. The van der Waals surface area contributed by atoms with Crippen molar-refractivity contribution >= 4 is 17.4 Å². The maximum atomic E-state index is 12.5. The van der Waals surface area contributed by atoms with E-state index in [1.54, 1.807) is 0 Å². The number of thioether (sulfide) groups is 1. The molecule has 88 valence electrons. The second-order valence-electron chi connectivity index (χ2n) is 3.74. The molecule has 0 saturated heterocycles. The van der Waals surface area contributed by atoms with Crippen LogP contribution in [0.5, 0.6) is 0 Å². The molecule has 0 fully saturated rings. The molecule has 5 heteroatoms. The summed E-state index contributed by atoms with van der Waals surface area (Å²) >= 11 is 1.52. The zero-order valence-electron chi connectivity index (χ0n) is 8.77. The fourth-order valence-electron chi connectivity index (χ4n) is 1.61. The topological polar surface area (TPSA) is 12.0 Å². The summed E-state index contributed by atoms with van der Waals surface area (Å²) in [6.07, 6.45) is -3.30. The van der Waals surface area contributed by atoms with Crippen LogP contribution < -0.4 is 5.32 Å². The van der Waals surface area contributed by atoms with Gasteiger partial charge >= 0.3 is 6.18 Å². The SMILES string of the molecule is CCC1CNc2ccc(C(F)(F)F)cc2S1. The predicted octanol–water partition coefficient (Wildman–Crippen LogP) is 4.00. The number of benzene rings is 1. The average molecular weight is 247 g/mol. The number of hydrogen-bond donors (Lipinski definition) is 1. The van der Waals surface area contributed by atoms with Crippen LogP contribution in [0, 0.1) is 0 Å². The van der Waals surface area contributed by atoms with E-state index in [1.165, 1.54) is 23.9 Å². The number of anilines is 1. The minimum Gasteiger partial charge on any atom is -0.383 e. The van der Waals surface area contributed by atoms with Gasteiger partial charge in [-0.3, -0.25) is 0 Å². The second-order valence-corrected chi connectivity index (χ2v) is 5.08. The summed E-state index contributed by atoms with van der Waals surface area (Å²) < 4.78 is 37.5. The number of halogens is 3. The van der Waals surface area contributed by atoms with E-state index < -0.39 is 11.7 Å². The van der Waals surface area contributed by atoms with Crippen LogP contribution in [0.1, 0.15) is 18.9 Å². The Labute approximate surface area is 96.4 Å². The van der Waals surface area contributed by atoms with Crippen LogP contribution in [0.25, 0.3) is 0 Å². The van der Waals surface area contributed by atoms with E-state index in [1.807, 2.05) is 6.92 Å². The van der Waals surface area contributed by atoms with Gasteiger partial charge in [-0.1, -0.05) is 6.92 Å². The molecule has 1 unspecified atom stereocenters. The second kappa shape index (κ2) is 4.20. The highest BCUT2D eigenvalue weighted by molar-refractivity contribution is 8.00. The van der Waals surface area contributed by atoms with Gasteiger partial charge in [0, 0.05) is 22.4 Å². The Balaban J connectivity index is 2.31. The van der Waals surface area contributed by atoms with Crippen molar-refractivity contribution in [1.82, 2.24) is 0 Å². The standard InChI is InChI=1S/C11H12F3NS/c1-2-8-6-15-9-4-3-7(11(12,13)14)5-10(9)16-8/h3-5,8,15H,2,6H2,1H3. The number of hydrogen-bond acceptors (Lipinski definition) is 2. The summed E-state index contributed by atoms with van der Waals surface area (Å²) in [5.41, 5.74) is 0.236. The number of alkyl halides is 3. The fraction of sp³-hybridized carbons (Fsp3) is 0.455. The zero-order chi connectivity index (χ0) is 11.8. The van der Waals surface area contributed by atoms with Gasteiger partial charge in [-0.05, 0) is 24.6 Å². The summed E-state index contributed by atoms with van der Waals surface area (Å²) in [5.74, 6) is 0. The molecule has 1 aliphatic heterocycles. The maximum Gasteiger partial charge on any atom is 0.416 e. The van der Waals surface area contributed by atoms with Gasteiger partial charge in [0.2, 0.25) is 0 Å². The van der Waals surface area contributed by atoms with Crippen molar-refractivity contribution < 1.29 is 13.2 Å². The molecule has 0 amide bonds. The third-order valence-corrected chi connectivity index (χ3v) is 4.00. The molecule has 1 aromatic carbocycles. The molecule has 1 N–H and O–H groups in total. The molecule has 2 rings (SSSR count). The maximum absolute atomic E-state index is 12.5. The smallest absolute Gasteiger partial charge is 0.383 e. The monoisotopic (exact) mass is 247 g/mol. The van der Waals surface area contributed by atoms with Gasteiger partial charge in [0.25, 0.3) is 0 Å². The third kappa shape index (κ3) is 2.29. The molecule has 16 heavy (non-hydrogen) atoms. The highest BCUT2D eigenvalue weighted by Gasteiger charge is 2.31. The van der Waals surface area contributed by atoms with Crippen LogP contribution in [0.3, 0.4) is 0 Å². The Morgan fingerprint density at radius 1 is 1.44 bits per heavy atom. The minimum absolute atomic E-state index is 0.357. The first-order valence-electron chi connectivity index (χ1n) is 5.12. The van der Waals surface area contributed by atoms with Crippen molar-refractivity contribution in [1.29, 1.82) is 0 Å². The Morgan fingerprint density at radius 3 is 2.81 bits per heavy atom. The Kier molecular flexibility index (Phi) is 3.06. The molecule has 1 aromatic rings. The van der Waals surface area contributed by atoms with Crippen molar-refractivity contribution in [2.45, 2.75) is 29.7 Å². The van der Waals surface area contributed by atoms with Crippen LogP contribution in [0.2, 0.25) is 0 Å². The lowest BCUT2D eigenvalue weighted by Gasteiger charge is -2.25. The van der Waals surface area contributed by atoms with E-state index in [4.69, 9.17) is 0 Å². The fourth-order valence-corrected chi connectivity index (χ4v) is 2.77. The van der Waals surface area contributed by atoms with E-state index in [9.17, 15) is 13.2 Å². The van der Waals surface area contributed by atoms with Gasteiger partial charge in [-0.25, -0.2) is 0 Å². The van der Waals surface area contributed by atoms with Crippen LogP contribution in [0.15, 0.2) is 23.1 Å². The van der Waals surface area contributed by atoms with Crippen LogP contribution in [-0.4, -0.2) is 11.8 Å². The van der Waals surface area contributed by atoms with E-state index in [0.29, 0.717) is 10.1 Å².